The van der Waals surface area contributed by atoms with Crippen LogP contribution in [0.25, 0.3) is 0 Å². The van der Waals surface area contributed by atoms with Gasteiger partial charge < -0.3 is 10.1 Å². The Balaban J connectivity index is 1.38. The summed E-state index contributed by atoms with van der Waals surface area (Å²) in [6, 6.07) is 9.45. The summed E-state index contributed by atoms with van der Waals surface area (Å²) < 4.78 is 5.68. The quantitative estimate of drug-likeness (QED) is 0.757. The van der Waals surface area contributed by atoms with Gasteiger partial charge in [-0.2, -0.15) is 0 Å². The third-order valence-corrected chi connectivity index (χ3v) is 4.28. The Morgan fingerprint density at radius 3 is 2.95 bits per heavy atom. The molecule has 1 aromatic rings. The van der Waals surface area contributed by atoms with Crippen LogP contribution in [0, 0.1) is 5.92 Å². The lowest BCUT2D eigenvalue weighted by Gasteiger charge is -2.26. The van der Waals surface area contributed by atoms with Gasteiger partial charge in [-0.15, -0.1) is 0 Å². The third kappa shape index (κ3) is 3.80. The number of hydrogen-bond acceptors (Lipinski definition) is 2. The summed E-state index contributed by atoms with van der Waals surface area (Å²) in [5.41, 5.74) is 3.06. The van der Waals surface area contributed by atoms with Crippen LogP contribution in [0.2, 0.25) is 0 Å². The fraction of sp³-hybridized carbons (Fsp3) is 0.647. The van der Waals surface area contributed by atoms with Crippen LogP contribution in [0.1, 0.15) is 49.3 Å². The van der Waals surface area contributed by atoms with E-state index in [-0.39, 0.29) is 0 Å². The highest BCUT2D eigenvalue weighted by Gasteiger charge is 2.21. The van der Waals surface area contributed by atoms with E-state index in [2.05, 4.69) is 29.6 Å². The van der Waals surface area contributed by atoms with Gasteiger partial charge in [0.2, 0.25) is 0 Å². The summed E-state index contributed by atoms with van der Waals surface area (Å²) in [7, 11) is 0. The molecule has 0 amide bonds. The molecule has 1 unspecified atom stereocenters. The standard InChI is InChI=1S/C17H25NO/c1-2-7-16-15(5-1)6-3-8-17(16)18-11-4-12-19-13-14-9-10-14/h1-2,5,7,14,17-18H,3-4,6,8-13H2. The van der Waals surface area contributed by atoms with Crippen LogP contribution in [0.5, 0.6) is 0 Å². The van der Waals surface area contributed by atoms with Crippen LogP contribution in [-0.4, -0.2) is 19.8 Å². The molecule has 3 rings (SSSR count). The molecule has 1 atom stereocenters. The predicted octanol–water partition coefficient (Wildman–Crippen LogP) is 3.47. The molecule has 2 nitrogen and oxygen atoms in total. The van der Waals surface area contributed by atoms with Crippen molar-refractivity contribution in [2.75, 3.05) is 19.8 Å². The van der Waals surface area contributed by atoms with Crippen molar-refractivity contribution < 1.29 is 4.74 Å². The molecule has 0 spiro atoms. The summed E-state index contributed by atoms with van der Waals surface area (Å²) in [6.07, 6.45) is 7.74. The molecule has 2 heteroatoms. The van der Waals surface area contributed by atoms with Crippen molar-refractivity contribution in [3.05, 3.63) is 35.4 Å². The van der Waals surface area contributed by atoms with Crippen molar-refractivity contribution >= 4 is 0 Å². The summed E-state index contributed by atoms with van der Waals surface area (Å²) in [5, 5.41) is 3.70. The molecule has 1 aromatic carbocycles. The van der Waals surface area contributed by atoms with E-state index >= 15 is 0 Å². The van der Waals surface area contributed by atoms with E-state index in [0.717, 1.165) is 32.1 Å². The van der Waals surface area contributed by atoms with E-state index in [4.69, 9.17) is 4.74 Å². The third-order valence-electron chi connectivity index (χ3n) is 4.28. The Morgan fingerprint density at radius 1 is 1.16 bits per heavy atom. The van der Waals surface area contributed by atoms with Crippen molar-refractivity contribution in [3.8, 4) is 0 Å². The lowest BCUT2D eigenvalue weighted by Crippen LogP contribution is -2.26. The van der Waals surface area contributed by atoms with E-state index in [9.17, 15) is 0 Å². The Labute approximate surface area is 116 Å². The number of nitrogens with one attached hydrogen (secondary N) is 1. The first kappa shape index (κ1) is 13.1. The first-order chi connectivity index (χ1) is 9.43. The SMILES string of the molecule is c1ccc2c(c1)CCCC2NCCCOCC1CC1. The molecule has 19 heavy (non-hydrogen) atoms. The molecule has 0 radical (unpaired) electrons. The maximum Gasteiger partial charge on any atom is 0.0494 e. The van der Waals surface area contributed by atoms with E-state index in [0.29, 0.717) is 6.04 Å². The second kappa shape index (κ2) is 6.53. The Hall–Kier alpha value is -0.860. The molecule has 0 saturated heterocycles. The van der Waals surface area contributed by atoms with Crippen LogP contribution in [0.4, 0.5) is 0 Å². The number of rotatable bonds is 7. The van der Waals surface area contributed by atoms with E-state index in [1.165, 1.54) is 43.2 Å². The molecular weight excluding hydrogens is 234 g/mol. The van der Waals surface area contributed by atoms with Crippen LogP contribution in [0.3, 0.4) is 0 Å². The Bertz CT molecular complexity index is 400. The fourth-order valence-electron chi connectivity index (χ4n) is 2.95. The molecule has 0 aliphatic heterocycles. The first-order valence-corrected chi connectivity index (χ1v) is 7.82. The van der Waals surface area contributed by atoms with Gasteiger partial charge in [-0.1, -0.05) is 24.3 Å². The minimum Gasteiger partial charge on any atom is -0.381 e. The van der Waals surface area contributed by atoms with Gasteiger partial charge in [-0.05, 0) is 62.1 Å². The van der Waals surface area contributed by atoms with E-state index < -0.39 is 0 Å². The van der Waals surface area contributed by atoms with Crippen molar-refractivity contribution in [3.63, 3.8) is 0 Å². The predicted molar refractivity (Wildman–Crippen MR) is 78.3 cm³/mol. The molecule has 0 aromatic heterocycles. The van der Waals surface area contributed by atoms with Crippen molar-refractivity contribution in [1.82, 2.24) is 5.32 Å². The van der Waals surface area contributed by atoms with Crippen LogP contribution in [0.15, 0.2) is 24.3 Å². The highest BCUT2D eigenvalue weighted by molar-refractivity contribution is 5.32. The van der Waals surface area contributed by atoms with Crippen molar-refractivity contribution in [2.45, 2.75) is 44.6 Å². The average molecular weight is 259 g/mol. The summed E-state index contributed by atoms with van der Waals surface area (Å²) in [6.45, 7) is 2.98. The van der Waals surface area contributed by atoms with Crippen molar-refractivity contribution in [1.29, 1.82) is 0 Å². The summed E-state index contributed by atoms with van der Waals surface area (Å²) >= 11 is 0. The first-order valence-electron chi connectivity index (χ1n) is 7.82. The zero-order chi connectivity index (χ0) is 12.9. The van der Waals surface area contributed by atoms with Crippen LogP contribution in [-0.2, 0) is 11.2 Å². The van der Waals surface area contributed by atoms with Gasteiger partial charge in [-0.3, -0.25) is 0 Å². The van der Waals surface area contributed by atoms with Gasteiger partial charge >= 0.3 is 0 Å². The van der Waals surface area contributed by atoms with Gasteiger partial charge in [0.05, 0.1) is 0 Å². The van der Waals surface area contributed by atoms with Crippen molar-refractivity contribution in [2.24, 2.45) is 5.92 Å². The lowest BCUT2D eigenvalue weighted by molar-refractivity contribution is 0.121. The number of benzene rings is 1. The lowest BCUT2D eigenvalue weighted by atomic mass is 9.88. The molecule has 2 aliphatic carbocycles. The topological polar surface area (TPSA) is 21.3 Å². The number of ether oxygens (including phenoxy) is 1. The largest absolute Gasteiger partial charge is 0.381 e. The van der Waals surface area contributed by atoms with Crippen LogP contribution >= 0.6 is 0 Å². The zero-order valence-electron chi connectivity index (χ0n) is 11.7. The Morgan fingerprint density at radius 2 is 2.05 bits per heavy atom. The minimum atomic E-state index is 0.563. The second-order valence-corrected chi connectivity index (χ2v) is 5.97. The van der Waals surface area contributed by atoms with Crippen LogP contribution < -0.4 is 5.32 Å². The van der Waals surface area contributed by atoms with Gasteiger partial charge in [0.15, 0.2) is 0 Å². The molecule has 0 heterocycles. The minimum absolute atomic E-state index is 0.563. The highest BCUT2D eigenvalue weighted by Crippen LogP contribution is 2.29. The summed E-state index contributed by atoms with van der Waals surface area (Å²) in [4.78, 5) is 0. The molecular formula is C17H25NO. The van der Waals surface area contributed by atoms with E-state index in [1.54, 1.807) is 0 Å². The molecule has 0 bridgehead atoms. The van der Waals surface area contributed by atoms with E-state index in [1.807, 2.05) is 0 Å². The molecule has 1 N–H and O–H groups in total. The Kier molecular flexibility index (Phi) is 4.52. The second-order valence-electron chi connectivity index (χ2n) is 5.97. The molecule has 1 saturated carbocycles. The monoisotopic (exact) mass is 259 g/mol. The number of hydrogen-bond donors (Lipinski definition) is 1. The zero-order valence-corrected chi connectivity index (χ0v) is 11.7. The molecule has 104 valence electrons. The normalized spacial score (nSPS) is 22.2. The highest BCUT2D eigenvalue weighted by atomic mass is 16.5. The maximum atomic E-state index is 5.68. The van der Waals surface area contributed by atoms with Gasteiger partial charge in [0, 0.05) is 19.3 Å². The fourth-order valence-corrected chi connectivity index (χ4v) is 2.95. The molecule has 2 aliphatic rings. The van der Waals surface area contributed by atoms with Gasteiger partial charge in [-0.25, -0.2) is 0 Å². The number of aryl methyl sites for hydroxylation is 1. The summed E-state index contributed by atoms with van der Waals surface area (Å²) in [5.74, 6) is 0.887. The van der Waals surface area contributed by atoms with Gasteiger partial charge in [0.1, 0.15) is 0 Å². The molecule has 1 fully saturated rings. The van der Waals surface area contributed by atoms with Gasteiger partial charge in [0.25, 0.3) is 0 Å². The number of fused-ring (bicyclic) bond motifs is 1. The smallest absolute Gasteiger partial charge is 0.0494 e. The average Bonchev–Trinajstić information content (AvgIpc) is 3.27. The maximum absolute atomic E-state index is 5.68.